The average molecular weight is 228 g/mol. The summed E-state index contributed by atoms with van der Waals surface area (Å²) < 4.78 is 0. The van der Waals surface area contributed by atoms with E-state index in [2.05, 4.69) is 25.9 Å². The molecule has 0 atom stereocenters. The summed E-state index contributed by atoms with van der Waals surface area (Å²) in [5, 5.41) is 9.21. The lowest BCUT2D eigenvalue weighted by Gasteiger charge is -2.08. The quantitative estimate of drug-likeness (QED) is 0.280. The molecule has 6 nitrogen and oxygen atoms in total. The summed E-state index contributed by atoms with van der Waals surface area (Å²) in [6.45, 7) is 9.78. The fourth-order valence-corrected chi connectivity index (χ4v) is 1.08. The van der Waals surface area contributed by atoms with Crippen LogP contribution >= 0.6 is 0 Å². The number of nitrogens with two attached hydrogens (primary N) is 1. The number of rotatable bonds is 6. The van der Waals surface area contributed by atoms with E-state index in [0.717, 1.165) is 25.6 Å². The highest BCUT2D eigenvalue weighted by atomic mass is 15.2. The highest BCUT2D eigenvalue weighted by Gasteiger charge is 1.93. The Hall–Kier alpha value is -1.46. The van der Waals surface area contributed by atoms with Gasteiger partial charge in [0.2, 0.25) is 0 Å². The van der Waals surface area contributed by atoms with Crippen LogP contribution in [0.5, 0.6) is 0 Å². The predicted molar refractivity (Wildman–Crippen MR) is 69.8 cm³/mol. The third-order valence-electron chi connectivity index (χ3n) is 1.70. The van der Waals surface area contributed by atoms with Gasteiger partial charge in [0.1, 0.15) is 0 Å². The molecule has 0 fully saturated rings. The highest BCUT2D eigenvalue weighted by molar-refractivity contribution is 5.79. The van der Waals surface area contributed by atoms with Crippen molar-refractivity contribution in [3.63, 3.8) is 0 Å². The first kappa shape index (κ1) is 14.5. The highest BCUT2D eigenvalue weighted by Crippen LogP contribution is 1.76. The zero-order valence-electron chi connectivity index (χ0n) is 10.5. The number of nitrogens with one attached hydrogen (secondary N) is 3. The van der Waals surface area contributed by atoms with Crippen LogP contribution in [0.2, 0.25) is 0 Å². The molecule has 0 aliphatic heterocycles. The van der Waals surface area contributed by atoms with Crippen molar-refractivity contribution in [1.82, 2.24) is 16.0 Å². The Morgan fingerprint density at radius 1 is 0.875 bits per heavy atom. The van der Waals surface area contributed by atoms with E-state index >= 15 is 0 Å². The van der Waals surface area contributed by atoms with Gasteiger partial charge in [0.05, 0.1) is 13.1 Å². The molecule has 0 rings (SSSR count). The first-order chi connectivity index (χ1) is 7.74. The van der Waals surface area contributed by atoms with Crippen LogP contribution in [-0.2, 0) is 0 Å². The van der Waals surface area contributed by atoms with Gasteiger partial charge in [0.25, 0.3) is 0 Å². The summed E-state index contributed by atoms with van der Waals surface area (Å²) >= 11 is 0. The van der Waals surface area contributed by atoms with Crippen LogP contribution in [0.15, 0.2) is 9.98 Å². The second-order valence-electron chi connectivity index (χ2n) is 3.09. The van der Waals surface area contributed by atoms with Crippen molar-refractivity contribution in [1.29, 1.82) is 0 Å². The largest absolute Gasteiger partial charge is 0.370 e. The van der Waals surface area contributed by atoms with Gasteiger partial charge in [-0.25, -0.2) is 0 Å². The Morgan fingerprint density at radius 2 is 1.38 bits per heavy atom. The molecule has 94 valence electrons. The van der Waals surface area contributed by atoms with Gasteiger partial charge in [-0.05, 0) is 20.8 Å². The van der Waals surface area contributed by atoms with Crippen molar-refractivity contribution in [3.05, 3.63) is 0 Å². The molecule has 16 heavy (non-hydrogen) atoms. The van der Waals surface area contributed by atoms with E-state index in [1.165, 1.54) is 0 Å². The molecule has 0 saturated heterocycles. The van der Waals surface area contributed by atoms with Gasteiger partial charge in [-0.3, -0.25) is 9.98 Å². The minimum Gasteiger partial charge on any atom is -0.370 e. The molecule has 0 radical (unpaired) electrons. The third kappa shape index (κ3) is 7.90. The lowest BCUT2D eigenvalue weighted by molar-refractivity contribution is 0.832. The van der Waals surface area contributed by atoms with Crippen LogP contribution in [0.25, 0.3) is 0 Å². The molecule has 0 spiro atoms. The molecule has 0 amide bonds. The van der Waals surface area contributed by atoms with Crippen LogP contribution in [0, 0.1) is 0 Å². The van der Waals surface area contributed by atoms with Gasteiger partial charge in [0, 0.05) is 19.6 Å². The van der Waals surface area contributed by atoms with Crippen molar-refractivity contribution in [2.24, 2.45) is 15.7 Å². The summed E-state index contributed by atoms with van der Waals surface area (Å²) in [7, 11) is 0. The standard InChI is InChI=1S/C10H24N6/c1-4-12-9(11)15-7-8-16-10(13-5-2)14-6-3/h4-8H2,1-3H3,(H3,11,12,15)(H2,13,14,16). The summed E-state index contributed by atoms with van der Waals surface area (Å²) in [5.41, 5.74) is 5.58. The topological polar surface area (TPSA) is 86.8 Å². The van der Waals surface area contributed by atoms with Crippen LogP contribution in [0.1, 0.15) is 20.8 Å². The maximum Gasteiger partial charge on any atom is 0.191 e. The molecular weight excluding hydrogens is 204 g/mol. The fraction of sp³-hybridized carbons (Fsp3) is 0.800. The average Bonchev–Trinajstić information content (AvgIpc) is 2.25. The van der Waals surface area contributed by atoms with Crippen LogP contribution < -0.4 is 21.7 Å². The van der Waals surface area contributed by atoms with Crippen molar-refractivity contribution >= 4 is 11.9 Å². The third-order valence-corrected chi connectivity index (χ3v) is 1.70. The summed E-state index contributed by atoms with van der Waals surface area (Å²) in [6.07, 6.45) is 0. The Bertz CT molecular complexity index is 215. The minimum atomic E-state index is 0.478. The van der Waals surface area contributed by atoms with Crippen LogP contribution in [0.4, 0.5) is 0 Å². The van der Waals surface area contributed by atoms with E-state index in [-0.39, 0.29) is 0 Å². The minimum absolute atomic E-state index is 0.478. The van der Waals surface area contributed by atoms with E-state index in [1.54, 1.807) is 0 Å². The number of hydrogen-bond acceptors (Lipinski definition) is 2. The molecule has 6 heteroatoms. The van der Waals surface area contributed by atoms with Gasteiger partial charge in [-0.15, -0.1) is 0 Å². The van der Waals surface area contributed by atoms with E-state index in [1.807, 2.05) is 20.8 Å². The second-order valence-corrected chi connectivity index (χ2v) is 3.09. The molecule has 0 aliphatic carbocycles. The molecule has 0 aromatic carbocycles. The summed E-state index contributed by atoms with van der Waals surface area (Å²) in [6, 6.07) is 0. The Labute approximate surface area is 97.8 Å². The van der Waals surface area contributed by atoms with E-state index in [0.29, 0.717) is 19.0 Å². The molecule has 0 heterocycles. The zero-order chi connectivity index (χ0) is 12.2. The fourth-order valence-electron chi connectivity index (χ4n) is 1.08. The van der Waals surface area contributed by atoms with Gasteiger partial charge in [-0.2, -0.15) is 0 Å². The van der Waals surface area contributed by atoms with Crippen molar-refractivity contribution < 1.29 is 0 Å². The van der Waals surface area contributed by atoms with E-state index < -0.39 is 0 Å². The monoisotopic (exact) mass is 228 g/mol. The maximum atomic E-state index is 5.58. The smallest absolute Gasteiger partial charge is 0.191 e. The first-order valence-corrected chi connectivity index (χ1v) is 5.80. The Morgan fingerprint density at radius 3 is 1.88 bits per heavy atom. The first-order valence-electron chi connectivity index (χ1n) is 5.80. The van der Waals surface area contributed by atoms with Crippen molar-refractivity contribution in [2.75, 3.05) is 32.7 Å². The van der Waals surface area contributed by atoms with Gasteiger partial charge < -0.3 is 21.7 Å². The molecular formula is C10H24N6. The molecule has 5 N–H and O–H groups in total. The van der Waals surface area contributed by atoms with Crippen molar-refractivity contribution in [2.45, 2.75) is 20.8 Å². The normalized spacial score (nSPS) is 10.8. The molecule has 0 bridgehead atoms. The maximum absolute atomic E-state index is 5.58. The summed E-state index contributed by atoms with van der Waals surface area (Å²) in [5.74, 6) is 1.30. The van der Waals surface area contributed by atoms with Crippen LogP contribution in [-0.4, -0.2) is 44.6 Å². The molecule has 0 saturated carbocycles. The lowest BCUT2D eigenvalue weighted by atomic mass is 10.6. The number of aliphatic imine (C=N–C) groups is 2. The Kier molecular flexibility index (Phi) is 9.15. The number of hydrogen-bond donors (Lipinski definition) is 4. The van der Waals surface area contributed by atoms with Crippen molar-refractivity contribution in [3.8, 4) is 0 Å². The predicted octanol–water partition coefficient (Wildman–Crippen LogP) is -0.514. The zero-order valence-corrected chi connectivity index (χ0v) is 10.5. The van der Waals surface area contributed by atoms with Gasteiger partial charge >= 0.3 is 0 Å². The van der Waals surface area contributed by atoms with E-state index in [9.17, 15) is 0 Å². The molecule has 0 aromatic rings. The summed E-state index contributed by atoms with van der Waals surface area (Å²) in [4.78, 5) is 8.47. The molecule has 0 aromatic heterocycles. The van der Waals surface area contributed by atoms with E-state index in [4.69, 9.17) is 5.73 Å². The molecule has 0 aliphatic rings. The number of nitrogens with zero attached hydrogens (tertiary/aromatic N) is 2. The van der Waals surface area contributed by atoms with Gasteiger partial charge in [0.15, 0.2) is 11.9 Å². The molecule has 0 unspecified atom stereocenters. The second kappa shape index (κ2) is 10.1. The van der Waals surface area contributed by atoms with Gasteiger partial charge in [-0.1, -0.05) is 0 Å². The Balaban J connectivity index is 3.89. The van der Waals surface area contributed by atoms with Crippen LogP contribution in [0.3, 0.4) is 0 Å². The SMILES string of the molecule is CCNC(N)=NCCN=C(NCC)NCC. The lowest BCUT2D eigenvalue weighted by Crippen LogP contribution is -2.37. The number of guanidine groups is 2.